The lowest BCUT2D eigenvalue weighted by atomic mass is 10.2. The summed E-state index contributed by atoms with van der Waals surface area (Å²) in [6.07, 6.45) is 2.43. The molecule has 1 aliphatic rings. The second kappa shape index (κ2) is 3.22. The van der Waals surface area contributed by atoms with E-state index in [4.69, 9.17) is 0 Å². The van der Waals surface area contributed by atoms with E-state index in [1.54, 1.807) is 6.92 Å². The topological polar surface area (TPSA) is 30.0 Å². The third-order valence-corrected chi connectivity index (χ3v) is 2.84. The predicted octanol–water partition coefficient (Wildman–Crippen LogP) is 2.92. The van der Waals surface area contributed by atoms with Crippen LogP contribution in [0.2, 0.25) is 0 Å². The van der Waals surface area contributed by atoms with Gasteiger partial charge in [-0.1, -0.05) is 0 Å². The molecule has 3 heteroatoms. The molecular weight excluding hydrogens is 230 g/mol. The van der Waals surface area contributed by atoms with Gasteiger partial charge in [0.15, 0.2) is 5.78 Å². The third kappa shape index (κ3) is 1.80. The Bertz CT molecular complexity index is 358. The number of ketones is 1. The number of pyridine rings is 1. The van der Waals surface area contributed by atoms with Gasteiger partial charge in [0.25, 0.3) is 0 Å². The highest BCUT2D eigenvalue weighted by Gasteiger charge is 2.25. The third-order valence-electron chi connectivity index (χ3n) is 2.20. The van der Waals surface area contributed by atoms with Crippen LogP contribution in [0.15, 0.2) is 16.6 Å². The van der Waals surface area contributed by atoms with Crippen LogP contribution < -0.4 is 0 Å². The van der Waals surface area contributed by atoms with Gasteiger partial charge in [-0.3, -0.25) is 4.79 Å². The number of halogens is 1. The lowest BCUT2D eigenvalue weighted by Gasteiger charge is -2.02. The molecule has 0 aromatic carbocycles. The van der Waals surface area contributed by atoms with E-state index in [0.717, 1.165) is 10.2 Å². The smallest absolute Gasteiger partial charge is 0.179 e. The number of hydrogen-bond donors (Lipinski definition) is 0. The number of carbonyl (C=O) groups is 1. The molecule has 1 fully saturated rings. The summed E-state index contributed by atoms with van der Waals surface area (Å²) in [4.78, 5) is 15.5. The van der Waals surface area contributed by atoms with Crippen LogP contribution in [0.5, 0.6) is 0 Å². The summed E-state index contributed by atoms with van der Waals surface area (Å²) in [6, 6.07) is 3.91. The number of aromatic nitrogens is 1. The Labute approximate surface area is 85.5 Å². The van der Waals surface area contributed by atoms with E-state index in [-0.39, 0.29) is 5.78 Å². The van der Waals surface area contributed by atoms with Crippen LogP contribution in [-0.2, 0) is 0 Å². The number of carbonyl (C=O) groups excluding carboxylic acids is 1. The SMILES string of the molecule is CC(=O)c1nc(C2CC2)ccc1Br. The summed E-state index contributed by atoms with van der Waals surface area (Å²) in [6.45, 7) is 1.55. The van der Waals surface area contributed by atoms with E-state index in [9.17, 15) is 4.79 Å². The molecule has 0 atom stereocenters. The molecule has 13 heavy (non-hydrogen) atoms. The highest BCUT2D eigenvalue weighted by Crippen LogP contribution is 2.39. The number of Topliss-reactive ketones (excluding diaryl/α,β-unsaturated/α-hetero) is 1. The van der Waals surface area contributed by atoms with E-state index in [1.807, 2.05) is 12.1 Å². The predicted molar refractivity (Wildman–Crippen MR) is 53.9 cm³/mol. The summed E-state index contributed by atoms with van der Waals surface area (Å²) in [5.41, 5.74) is 1.62. The van der Waals surface area contributed by atoms with Crippen LogP contribution in [0.3, 0.4) is 0 Å². The van der Waals surface area contributed by atoms with Gasteiger partial charge in [0, 0.05) is 23.0 Å². The average molecular weight is 240 g/mol. The number of hydrogen-bond acceptors (Lipinski definition) is 2. The monoisotopic (exact) mass is 239 g/mol. The van der Waals surface area contributed by atoms with Crippen molar-refractivity contribution in [1.29, 1.82) is 0 Å². The molecule has 0 radical (unpaired) electrons. The van der Waals surface area contributed by atoms with Crippen molar-refractivity contribution in [2.45, 2.75) is 25.7 Å². The van der Waals surface area contributed by atoms with E-state index in [2.05, 4.69) is 20.9 Å². The van der Waals surface area contributed by atoms with Gasteiger partial charge in [-0.2, -0.15) is 0 Å². The largest absolute Gasteiger partial charge is 0.293 e. The van der Waals surface area contributed by atoms with Gasteiger partial charge in [-0.05, 0) is 40.9 Å². The van der Waals surface area contributed by atoms with Crippen LogP contribution >= 0.6 is 15.9 Å². The lowest BCUT2D eigenvalue weighted by molar-refractivity contribution is 0.101. The first kappa shape index (κ1) is 8.88. The van der Waals surface area contributed by atoms with Gasteiger partial charge in [-0.25, -0.2) is 4.98 Å². The molecule has 1 saturated carbocycles. The molecule has 0 amide bonds. The van der Waals surface area contributed by atoms with Crippen LogP contribution in [0.1, 0.15) is 41.9 Å². The maximum atomic E-state index is 11.2. The molecule has 1 aliphatic carbocycles. The zero-order valence-electron chi connectivity index (χ0n) is 7.38. The lowest BCUT2D eigenvalue weighted by Crippen LogP contribution is -2.00. The molecule has 0 bridgehead atoms. The molecule has 0 aliphatic heterocycles. The highest BCUT2D eigenvalue weighted by molar-refractivity contribution is 9.10. The Hall–Kier alpha value is -0.700. The Kier molecular flexibility index (Phi) is 2.20. The zero-order chi connectivity index (χ0) is 9.42. The highest BCUT2D eigenvalue weighted by atomic mass is 79.9. The molecule has 2 nitrogen and oxygen atoms in total. The first-order valence-electron chi connectivity index (χ1n) is 4.36. The second-order valence-corrected chi connectivity index (χ2v) is 4.25. The van der Waals surface area contributed by atoms with Crippen molar-refractivity contribution in [3.63, 3.8) is 0 Å². The molecule has 0 saturated heterocycles. The Morgan fingerprint density at radius 1 is 1.54 bits per heavy atom. The van der Waals surface area contributed by atoms with Gasteiger partial charge < -0.3 is 0 Å². The van der Waals surface area contributed by atoms with Gasteiger partial charge in [0.2, 0.25) is 0 Å². The van der Waals surface area contributed by atoms with Crippen molar-refractivity contribution in [3.05, 3.63) is 28.0 Å². The maximum absolute atomic E-state index is 11.2. The minimum atomic E-state index is 0.0226. The van der Waals surface area contributed by atoms with E-state index < -0.39 is 0 Å². The normalized spacial score (nSPS) is 15.8. The Morgan fingerprint density at radius 2 is 2.23 bits per heavy atom. The zero-order valence-corrected chi connectivity index (χ0v) is 8.97. The van der Waals surface area contributed by atoms with Crippen molar-refractivity contribution < 1.29 is 4.79 Å². The van der Waals surface area contributed by atoms with Crippen molar-refractivity contribution in [1.82, 2.24) is 4.98 Å². The minimum absolute atomic E-state index is 0.0226. The molecule has 68 valence electrons. The van der Waals surface area contributed by atoms with Gasteiger partial charge in [0.1, 0.15) is 5.69 Å². The van der Waals surface area contributed by atoms with Crippen LogP contribution in [0, 0.1) is 0 Å². The van der Waals surface area contributed by atoms with E-state index in [1.165, 1.54) is 12.8 Å². The first-order chi connectivity index (χ1) is 6.18. The molecule has 0 N–H and O–H groups in total. The van der Waals surface area contributed by atoms with E-state index in [0.29, 0.717) is 11.6 Å². The molecule has 1 aromatic rings. The van der Waals surface area contributed by atoms with E-state index >= 15 is 0 Å². The van der Waals surface area contributed by atoms with Gasteiger partial charge in [-0.15, -0.1) is 0 Å². The summed E-state index contributed by atoms with van der Waals surface area (Å²) < 4.78 is 0.796. The second-order valence-electron chi connectivity index (χ2n) is 3.40. The quantitative estimate of drug-likeness (QED) is 0.744. The summed E-state index contributed by atoms with van der Waals surface area (Å²) in [7, 11) is 0. The van der Waals surface area contributed by atoms with Crippen LogP contribution in [-0.4, -0.2) is 10.8 Å². The summed E-state index contributed by atoms with van der Waals surface area (Å²) >= 11 is 3.32. The Balaban J connectivity index is 2.41. The fraction of sp³-hybridized carbons (Fsp3) is 0.400. The summed E-state index contributed by atoms with van der Waals surface area (Å²) in [5, 5.41) is 0. The van der Waals surface area contributed by atoms with Gasteiger partial charge >= 0.3 is 0 Å². The van der Waals surface area contributed by atoms with Crippen LogP contribution in [0.25, 0.3) is 0 Å². The standard InChI is InChI=1S/C10H10BrNO/c1-6(13)10-8(11)4-5-9(12-10)7-2-3-7/h4-5,7H,2-3H2,1H3. The number of nitrogens with zero attached hydrogens (tertiary/aromatic N) is 1. The molecule has 0 unspecified atom stereocenters. The first-order valence-corrected chi connectivity index (χ1v) is 5.15. The maximum Gasteiger partial charge on any atom is 0.179 e. The molecule has 0 spiro atoms. The van der Waals surface area contributed by atoms with Crippen LogP contribution in [0.4, 0.5) is 0 Å². The fourth-order valence-electron chi connectivity index (χ4n) is 1.31. The molecular formula is C10H10BrNO. The number of rotatable bonds is 2. The van der Waals surface area contributed by atoms with Crippen molar-refractivity contribution in [2.75, 3.05) is 0 Å². The van der Waals surface area contributed by atoms with Crippen molar-refractivity contribution >= 4 is 21.7 Å². The molecule has 1 aromatic heterocycles. The molecule has 1 heterocycles. The average Bonchev–Trinajstić information content (AvgIpc) is 2.87. The fourth-order valence-corrected chi connectivity index (χ4v) is 1.81. The van der Waals surface area contributed by atoms with Gasteiger partial charge in [0.05, 0.1) is 0 Å². The van der Waals surface area contributed by atoms with Crippen molar-refractivity contribution in [2.24, 2.45) is 0 Å². The minimum Gasteiger partial charge on any atom is -0.293 e. The Morgan fingerprint density at radius 3 is 2.77 bits per heavy atom. The van der Waals surface area contributed by atoms with Crippen molar-refractivity contribution in [3.8, 4) is 0 Å². The summed E-state index contributed by atoms with van der Waals surface area (Å²) in [5.74, 6) is 0.626. The molecule has 2 rings (SSSR count).